The number of nitrogens with zero attached hydrogens (tertiary/aromatic N) is 2. The Bertz CT molecular complexity index is 1200. The number of carboxylic acid groups (broad SMARTS) is 2. The Morgan fingerprint density at radius 1 is 0.902 bits per heavy atom. The standard InChI is InChI=1S/C25H35N9O7/c26-16(7-4-8-30-25(27)28)21(37)32-17(9-14-5-2-1-3-6-14)22(38)33-18(11-20(35)36)23(39)34-19(24(40)41)10-15-12-29-13-31-15/h1-3,5-6,12-13,16-19H,4,7-11,26H2,(H,29,31)(H,32,37)(H,33,38)(H,34,39)(H,35,36)(H,40,41)(H4,27,28,30). The molecule has 0 saturated carbocycles. The maximum Gasteiger partial charge on any atom is 0.326 e. The minimum Gasteiger partial charge on any atom is -0.481 e. The van der Waals surface area contributed by atoms with Crippen LogP contribution in [0.25, 0.3) is 0 Å². The number of carbonyl (C=O) groups is 5. The minimum absolute atomic E-state index is 0.00187. The largest absolute Gasteiger partial charge is 0.481 e. The zero-order chi connectivity index (χ0) is 30.4. The molecule has 0 spiro atoms. The molecule has 0 aliphatic heterocycles. The first-order chi connectivity index (χ1) is 19.5. The van der Waals surface area contributed by atoms with Crippen molar-refractivity contribution in [2.75, 3.05) is 6.54 Å². The summed E-state index contributed by atoms with van der Waals surface area (Å²) in [5.41, 5.74) is 17.6. The van der Waals surface area contributed by atoms with Gasteiger partial charge in [0.05, 0.1) is 18.8 Å². The Hall–Kier alpha value is -4.99. The number of imidazole rings is 1. The van der Waals surface area contributed by atoms with E-state index < -0.39 is 60.2 Å². The van der Waals surface area contributed by atoms with Gasteiger partial charge in [0.25, 0.3) is 0 Å². The molecule has 16 heteroatoms. The Balaban J connectivity index is 2.17. The summed E-state index contributed by atoms with van der Waals surface area (Å²) in [6, 6.07) is 3.33. The third kappa shape index (κ3) is 11.7. The van der Waals surface area contributed by atoms with E-state index in [-0.39, 0.29) is 31.8 Å². The van der Waals surface area contributed by atoms with E-state index in [1.165, 1.54) is 12.5 Å². The van der Waals surface area contributed by atoms with Crippen LogP contribution in [0.3, 0.4) is 0 Å². The average Bonchev–Trinajstić information content (AvgIpc) is 3.43. The molecule has 4 atom stereocenters. The van der Waals surface area contributed by atoms with Crippen molar-refractivity contribution >= 4 is 35.6 Å². The first-order valence-corrected chi connectivity index (χ1v) is 12.6. The molecule has 0 saturated heterocycles. The fourth-order valence-corrected chi connectivity index (χ4v) is 3.73. The van der Waals surface area contributed by atoms with Crippen molar-refractivity contribution in [2.45, 2.75) is 56.3 Å². The van der Waals surface area contributed by atoms with Crippen LogP contribution in [0.2, 0.25) is 0 Å². The van der Waals surface area contributed by atoms with Crippen LogP contribution in [0.1, 0.15) is 30.5 Å². The molecule has 16 nitrogen and oxygen atoms in total. The summed E-state index contributed by atoms with van der Waals surface area (Å²) in [6.07, 6.45) is 2.30. The molecule has 0 bridgehead atoms. The molecular weight excluding hydrogens is 538 g/mol. The van der Waals surface area contributed by atoms with E-state index >= 15 is 0 Å². The molecule has 0 aliphatic rings. The Kier molecular flexibility index (Phi) is 12.7. The number of aromatic amines is 1. The van der Waals surface area contributed by atoms with Crippen LogP contribution in [-0.4, -0.2) is 86.5 Å². The second-order valence-corrected chi connectivity index (χ2v) is 9.15. The van der Waals surface area contributed by atoms with Gasteiger partial charge in [-0.05, 0) is 18.4 Å². The van der Waals surface area contributed by atoms with Crippen LogP contribution in [0, 0.1) is 0 Å². The van der Waals surface area contributed by atoms with E-state index in [0.717, 1.165) is 0 Å². The molecule has 2 rings (SSSR count). The van der Waals surface area contributed by atoms with E-state index in [4.69, 9.17) is 17.2 Å². The molecular formula is C25H35N9O7. The summed E-state index contributed by atoms with van der Waals surface area (Å²) in [6.45, 7) is 0.251. The van der Waals surface area contributed by atoms with Crippen molar-refractivity contribution in [1.82, 2.24) is 25.9 Å². The summed E-state index contributed by atoms with van der Waals surface area (Å²) < 4.78 is 0. The minimum atomic E-state index is -1.65. The number of nitrogens with one attached hydrogen (secondary N) is 4. The van der Waals surface area contributed by atoms with Crippen LogP contribution in [0.4, 0.5) is 0 Å². The number of rotatable bonds is 17. The van der Waals surface area contributed by atoms with Crippen LogP contribution >= 0.6 is 0 Å². The van der Waals surface area contributed by atoms with Crippen molar-refractivity contribution in [3.63, 3.8) is 0 Å². The molecule has 3 amide bonds. The first kappa shape index (κ1) is 32.2. The summed E-state index contributed by atoms with van der Waals surface area (Å²) in [5.74, 6) is -5.45. The Labute approximate surface area is 235 Å². The number of aliphatic imine (C=N–C) groups is 1. The predicted molar refractivity (Wildman–Crippen MR) is 146 cm³/mol. The van der Waals surface area contributed by atoms with Gasteiger partial charge in [-0.3, -0.25) is 24.2 Å². The lowest BCUT2D eigenvalue weighted by Crippen LogP contribution is -2.58. The second-order valence-electron chi connectivity index (χ2n) is 9.15. The van der Waals surface area contributed by atoms with Gasteiger partial charge in [-0.2, -0.15) is 0 Å². The van der Waals surface area contributed by atoms with Crippen molar-refractivity contribution in [1.29, 1.82) is 0 Å². The van der Waals surface area contributed by atoms with Gasteiger partial charge in [0, 0.05) is 31.3 Å². The third-order valence-electron chi connectivity index (χ3n) is 5.83. The normalized spacial score (nSPS) is 13.6. The lowest BCUT2D eigenvalue weighted by atomic mass is 10.0. The molecule has 1 heterocycles. The zero-order valence-corrected chi connectivity index (χ0v) is 22.2. The number of amides is 3. The molecule has 222 valence electrons. The number of hydrogen-bond donors (Lipinski definition) is 9. The molecule has 4 unspecified atom stereocenters. The summed E-state index contributed by atoms with van der Waals surface area (Å²) in [4.78, 5) is 72.6. The van der Waals surface area contributed by atoms with Gasteiger partial charge in [-0.1, -0.05) is 30.3 Å². The Morgan fingerprint density at radius 3 is 2.12 bits per heavy atom. The van der Waals surface area contributed by atoms with Crippen LogP contribution in [-0.2, 0) is 36.8 Å². The molecule has 1 aromatic carbocycles. The van der Waals surface area contributed by atoms with Gasteiger partial charge in [-0.25, -0.2) is 9.78 Å². The van der Waals surface area contributed by atoms with Crippen LogP contribution < -0.4 is 33.2 Å². The SMILES string of the molecule is NC(N)=NCCCC(N)C(=O)NC(Cc1ccccc1)C(=O)NC(CC(=O)O)C(=O)NC(Cc1cnc[nH]1)C(=O)O. The fourth-order valence-electron chi connectivity index (χ4n) is 3.73. The van der Waals surface area contributed by atoms with Crippen molar-refractivity contribution < 1.29 is 34.2 Å². The number of H-pyrrole nitrogens is 1. The number of aromatic nitrogens is 2. The van der Waals surface area contributed by atoms with Gasteiger partial charge < -0.3 is 48.3 Å². The fraction of sp³-hybridized carbons (Fsp3) is 0.400. The highest BCUT2D eigenvalue weighted by molar-refractivity contribution is 5.95. The molecule has 0 aliphatic carbocycles. The monoisotopic (exact) mass is 573 g/mol. The summed E-state index contributed by atoms with van der Waals surface area (Å²) in [5, 5.41) is 26.0. The highest BCUT2D eigenvalue weighted by atomic mass is 16.4. The molecule has 1 aromatic heterocycles. The Morgan fingerprint density at radius 2 is 1.54 bits per heavy atom. The molecule has 12 N–H and O–H groups in total. The van der Waals surface area contributed by atoms with Gasteiger partial charge in [-0.15, -0.1) is 0 Å². The molecule has 41 heavy (non-hydrogen) atoms. The number of benzene rings is 1. The van der Waals surface area contributed by atoms with Gasteiger partial charge >= 0.3 is 11.9 Å². The van der Waals surface area contributed by atoms with Crippen molar-refractivity contribution in [3.8, 4) is 0 Å². The third-order valence-corrected chi connectivity index (χ3v) is 5.83. The second kappa shape index (κ2) is 16.2. The van der Waals surface area contributed by atoms with E-state index in [1.807, 2.05) is 0 Å². The average molecular weight is 574 g/mol. The smallest absolute Gasteiger partial charge is 0.326 e. The summed E-state index contributed by atoms with van der Waals surface area (Å²) >= 11 is 0. The van der Waals surface area contributed by atoms with Crippen molar-refractivity contribution in [3.05, 3.63) is 54.1 Å². The molecule has 2 aromatic rings. The number of nitrogens with two attached hydrogens (primary N) is 3. The van der Waals surface area contributed by atoms with E-state index in [9.17, 15) is 34.2 Å². The van der Waals surface area contributed by atoms with E-state index in [0.29, 0.717) is 17.7 Å². The zero-order valence-electron chi connectivity index (χ0n) is 22.2. The van der Waals surface area contributed by atoms with Crippen molar-refractivity contribution in [2.24, 2.45) is 22.2 Å². The maximum atomic E-state index is 13.3. The maximum absolute atomic E-state index is 13.3. The van der Waals surface area contributed by atoms with Crippen LogP contribution in [0.15, 0.2) is 47.8 Å². The number of carbonyl (C=O) groups excluding carboxylic acids is 3. The van der Waals surface area contributed by atoms with Gasteiger partial charge in [0.2, 0.25) is 17.7 Å². The highest BCUT2D eigenvalue weighted by Gasteiger charge is 2.32. The number of hydrogen-bond acceptors (Lipinski definition) is 8. The topological polar surface area (TPSA) is 281 Å². The number of aliphatic carboxylic acids is 2. The molecule has 0 radical (unpaired) electrons. The van der Waals surface area contributed by atoms with Crippen LogP contribution in [0.5, 0.6) is 0 Å². The summed E-state index contributed by atoms with van der Waals surface area (Å²) in [7, 11) is 0. The predicted octanol–water partition coefficient (Wildman–Crippen LogP) is -2.41. The lowest BCUT2D eigenvalue weighted by molar-refractivity contribution is -0.143. The van der Waals surface area contributed by atoms with E-state index in [1.54, 1.807) is 30.3 Å². The van der Waals surface area contributed by atoms with E-state index in [2.05, 4.69) is 30.9 Å². The quantitative estimate of drug-likeness (QED) is 0.0545. The lowest BCUT2D eigenvalue weighted by Gasteiger charge is -2.24. The first-order valence-electron chi connectivity index (χ1n) is 12.6. The highest BCUT2D eigenvalue weighted by Crippen LogP contribution is 2.07. The number of carboxylic acids is 2. The van der Waals surface area contributed by atoms with Gasteiger partial charge in [0.15, 0.2) is 5.96 Å². The number of guanidine groups is 1. The molecule has 0 fully saturated rings. The van der Waals surface area contributed by atoms with Gasteiger partial charge in [0.1, 0.15) is 18.1 Å².